The predicted molar refractivity (Wildman–Crippen MR) is 62.7 cm³/mol. The third-order valence-corrected chi connectivity index (χ3v) is 1.34. The molecule has 0 aliphatic heterocycles. The molecule has 1 nitrogen and oxygen atoms in total. The van der Waals surface area contributed by atoms with Gasteiger partial charge in [-0.05, 0) is 19.6 Å². The van der Waals surface area contributed by atoms with Gasteiger partial charge in [-0.1, -0.05) is 40.4 Å². The van der Waals surface area contributed by atoms with Crippen LogP contribution in [-0.2, 0) is 0 Å². The Kier molecular flexibility index (Phi) is 10.1. The van der Waals surface area contributed by atoms with Crippen LogP contribution in [0.1, 0.15) is 20.8 Å². The van der Waals surface area contributed by atoms with Crippen molar-refractivity contribution < 1.29 is 0 Å². The SMILES string of the molecule is CCN(CC)CC.C[Si](C)(C)Cl. The van der Waals surface area contributed by atoms with E-state index in [4.69, 9.17) is 11.1 Å². The van der Waals surface area contributed by atoms with Gasteiger partial charge < -0.3 is 4.90 Å². The zero-order chi connectivity index (χ0) is 10.2. The maximum Gasteiger partial charge on any atom is 0.147 e. The van der Waals surface area contributed by atoms with Gasteiger partial charge in [-0.25, -0.2) is 0 Å². The standard InChI is InChI=1S/C6H15N.C3H9ClSi/c1-4-7(5-2)6-3;1-5(2,3)4/h4-6H2,1-3H3;1-3H3. The Labute approximate surface area is 83.8 Å². The summed E-state index contributed by atoms with van der Waals surface area (Å²) in [5.41, 5.74) is 0. The monoisotopic (exact) mass is 209 g/mol. The summed E-state index contributed by atoms with van der Waals surface area (Å²) in [6, 6.07) is 0. The Hall–Kier alpha value is 0.467. The molecule has 0 aromatic rings. The molecule has 0 amide bonds. The lowest BCUT2D eigenvalue weighted by molar-refractivity contribution is 0.321. The zero-order valence-corrected chi connectivity index (χ0v) is 11.2. The molecule has 12 heavy (non-hydrogen) atoms. The van der Waals surface area contributed by atoms with E-state index in [0.29, 0.717) is 0 Å². The molecule has 0 saturated carbocycles. The van der Waals surface area contributed by atoms with E-state index in [2.05, 4.69) is 45.3 Å². The number of hydrogen-bond acceptors (Lipinski definition) is 1. The summed E-state index contributed by atoms with van der Waals surface area (Å²) < 4.78 is 0. The minimum atomic E-state index is -1.14. The van der Waals surface area contributed by atoms with Crippen LogP contribution in [0.5, 0.6) is 0 Å². The lowest BCUT2D eigenvalue weighted by atomic mass is 10.5. The second-order valence-corrected chi connectivity index (χ2v) is 11.2. The maximum atomic E-state index is 5.67. The summed E-state index contributed by atoms with van der Waals surface area (Å²) in [7, 11) is -1.14. The van der Waals surface area contributed by atoms with Crippen molar-refractivity contribution in [3.05, 3.63) is 0 Å². The van der Waals surface area contributed by atoms with E-state index in [9.17, 15) is 0 Å². The molecular weight excluding hydrogens is 186 g/mol. The summed E-state index contributed by atoms with van der Waals surface area (Å²) in [5, 5.41) is 0. The van der Waals surface area contributed by atoms with Crippen molar-refractivity contribution >= 4 is 18.5 Å². The van der Waals surface area contributed by atoms with Crippen molar-refractivity contribution in [2.45, 2.75) is 40.4 Å². The van der Waals surface area contributed by atoms with Crippen LogP contribution in [0.4, 0.5) is 0 Å². The predicted octanol–water partition coefficient (Wildman–Crippen LogP) is 3.41. The van der Waals surface area contributed by atoms with Crippen LogP contribution in [0.25, 0.3) is 0 Å². The molecule has 0 aromatic heterocycles. The van der Waals surface area contributed by atoms with Crippen LogP contribution in [0.3, 0.4) is 0 Å². The van der Waals surface area contributed by atoms with Crippen LogP contribution in [-0.4, -0.2) is 31.9 Å². The van der Waals surface area contributed by atoms with Crippen molar-refractivity contribution in [3.8, 4) is 0 Å². The van der Waals surface area contributed by atoms with Crippen LogP contribution in [0.2, 0.25) is 19.6 Å². The molecule has 0 fully saturated rings. The average molecular weight is 210 g/mol. The lowest BCUT2D eigenvalue weighted by Crippen LogP contribution is -2.21. The van der Waals surface area contributed by atoms with Gasteiger partial charge in [-0.2, -0.15) is 11.1 Å². The molecule has 0 aromatic carbocycles. The quantitative estimate of drug-likeness (QED) is 0.509. The van der Waals surface area contributed by atoms with E-state index in [0.717, 1.165) is 0 Å². The molecule has 0 aliphatic carbocycles. The second kappa shape index (κ2) is 8.08. The molecule has 0 radical (unpaired) electrons. The highest BCUT2D eigenvalue weighted by Crippen LogP contribution is 2.03. The highest BCUT2D eigenvalue weighted by molar-refractivity contribution is 7.18. The van der Waals surface area contributed by atoms with Gasteiger partial charge in [-0.15, -0.1) is 0 Å². The molecule has 3 heteroatoms. The van der Waals surface area contributed by atoms with Gasteiger partial charge in [0, 0.05) is 0 Å². The van der Waals surface area contributed by atoms with Gasteiger partial charge in [0.05, 0.1) is 0 Å². The van der Waals surface area contributed by atoms with Gasteiger partial charge in [0.1, 0.15) is 7.38 Å². The average Bonchev–Trinajstić information content (AvgIpc) is 1.88. The summed E-state index contributed by atoms with van der Waals surface area (Å²) in [6.45, 7) is 16.4. The zero-order valence-electron chi connectivity index (χ0n) is 9.45. The second-order valence-electron chi connectivity index (χ2n) is 3.69. The van der Waals surface area contributed by atoms with Gasteiger partial charge >= 0.3 is 0 Å². The van der Waals surface area contributed by atoms with Crippen LogP contribution < -0.4 is 0 Å². The van der Waals surface area contributed by atoms with Gasteiger partial charge in [0.25, 0.3) is 0 Å². The van der Waals surface area contributed by atoms with E-state index in [1.807, 2.05) is 0 Å². The van der Waals surface area contributed by atoms with E-state index in [1.165, 1.54) is 19.6 Å². The van der Waals surface area contributed by atoms with Crippen LogP contribution in [0, 0.1) is 0 Å². The Morgan fingerprint density at radius 1 is 0.917 bits per heavy atom. The largest absolute Gasteiger partial charge is 0.304 e. The molecule has 0 atom stereocenters. The van der Waals surface area contributed by atoms with Crippen LogP contribution in [0.15, 0.2) is 0 Å². The maximum absolute atomic E-state index is 5.67. The normalized spacial score (nSPS) is 11.0. The molecule has 0 N–H and O–H groups in total. The van der Waals surface area contributed by atoms with Crippen molar-refractivity contribution in [1.29, 1.82) is 0 Å². The molecule has 0 unspecified atom stereocenters. The molecule has 0 saturated heterocycles. The molecular formula is C9H24ClNSi. The summed E-state index contributed by atoms with van der Waals surface area (Å²) in [5.74, 6) is 0. The lowest BCUT2D eigenvalue weighted by Gasteiger charge is -2.13. The van der Waals surface area contributed by atoms with E-state index in [1.54, 1.807) is 0 Å². The van der Waals surface area contributed by atoms with E-state index < -0.39 is 7.38 Å². The van der Waals surface area contributed by atoms with E-state index >= 15 is 0 Å². The van der Waals surface area contributed by atoms with Crippen molar-refractivity contribution in [1.82, 2.24) is 4.90 Å². The Balaban J connectivity index is 0. The number of hydrogen-bond donors (Lipinski definition) is 0. The molecule has 76 valence electrons. The summed E-state index contributed by atoms with van der Waals surface area (Å²) in [6.07, 6.45) is 0. The Bertz CT molecular complexity index is 75.5. The van der Waals surface area contributed by atoms with Crippen molar-refractivity contribution in [2.24, 2.45) is 0 Å². The minimum absolute atomic E-state index is 1.14. The molecule has 0 spiro atoms. The van der Waals surface area contributed by atoms with Gasteiger partial charge in [0.2, 0.25) is 0 Å². The first-order valence-electron chi connectivity index (χ1n) is 4.76. The van der Waals surface area contributed by atoms with Crippen molar-refractivity contribution in [3.63, 3.8) is 0 Å². The summed E-state index contributed by atoms with van der Waals surface area (Å²) >= 11 is 5.67. The Morgan fingerprint density at radius 2 is 1.08 bits per heavy atom. The van der Waals surface area contributed by atoms with Gasteiger partial charge in [0.15, 0.2) is 0 Å². The highest BCUT2D eigenvalue weighted by Gasteiger charge is 2.04. The minimum Gasteiger partial charge on any atom is -0.304 e. The molecule has 0 aliphatic rings. The van der Waals surface area contributed by atoms with Crippen LogP contribution >= 0.6 is 11.1 Å². The highest BCUT2D eigenvalue weighted by atomic mass is 35.6. The van der Waals surface area contributed by atoms with Gasteiger partial charge in [-0.3, -0.25) is 0 Å². The first kappa shape index (κ1) is 15.0. The fourth-order valence-corrected chi connectivity index (χ4v) is 0.671. The van der Waals surface area contributed by atoms with Crippen molar-refractivity contribution in [2.75, 3.05) is 19.6 Å². The smallest absolute Gasteiger partial charge is 0.147 e. The fraction of sp³-hybridized carbons (Fsp3) is 1.00. The molecule has 0 heterocycles. The molecule has 0 bridgehead atoms. The molecule has 0 rings (SSSR count). The topological polar surface area (TPSA) is 3.24 Å². The number of halogens is 1. The first-order chi connectivity index (χ1) is 5.35. The Morgan fingerprint density at radius 3 is 1.08 bits per heavy atom. The summed E-state index contributed by atoms with van der Waals surface area (Å²) in [4.78, 5) is 2.38. The number of nitrogens with zero attached hydrogens (tertiary/aromatic N) is 1. The van der Waals surface area contributed by atoms with E-state index in [-0.39, 0.29) is 0 Å². The third kappa shape index (κ3) is 22.4. The third-order valence-electron chi connectivity index (χ3n) is 1.34. The first-order valence-corrected chi connectivity index (χ1v) is 9.27. The fourth-order valence-electron chi connectivity index (χ4n) is 0.671. The number of rotatable bonds is 3.